The highest BCUT2D eigenvalue weighted by Gasteiger charge is 2.18. The Balaban J connectivity index is 2.02. The molecule has 0 aromatic carbocycles. The topological polar surface area (TPSA) is 54.4 Å². The lowest BCUT2D eigenvalue weighted by atomic mass is 10.3. The van der Waals surface area contributed by atoms with E-state index in [4.69, 9.17) is 0 Å². The van der Waals surface area contributed by atoms with E-state index in [1.54, 1.807) is 11.8 Å². The SMILES string of the molecule is CCCCc1nc(C)c(C(=O)NC2=NCCS2)s1. The van der Waals surface area contributed by atoms with Crippen LogP contribution < -0.4 is 5.32 Å². The van der Waals surface area contributed by atoms with Gasteiger partial charge in [0.2, 0.25) is 0 Å². The van der Waals surface area contributed by atoms with E-state index < -0.39 is 0 Å². The van der Waals surface area contributed by atoms with E-state index in [2.05, 4.69) is 22.2 Å². The molecule has 1 amide bonds. The summed E-state index contributed by atoms with van der Waals surface area (Å²) in [5.41, 5.74) is 0.826. The zero-order valence-corrected chi connectivity index (χ0v) is 12.3. The first kappa shape index (κ1) is 13.5. The van der Waals surface area contributed by atoms with Gasteiger partial charge in [-0.15, -0.1) is 11.3 Å². The van der Waals surface area contributed by atoms with E-state index in [-0.39, 0.29) is 5.91 Å². The first-order valence-electron chi connectivity index (χ1n) is 6.15. The Hall–Kier alpha value is -0.880. The van der Waals surface area contributed by atoms with Gasteiger partial charge in [0, 0.05) is 5.75 Å². The molecule has 2 rings (SSSR count). The Morgan fingerprint density at radius 3 is 3.00 bits per heavy atom. The molecule has 98 valence electrons. The summed E-state index contributed by atoms with van der Waals surface area (Å²) in [4.78, 5) is 21.5. The number of aliphatic imine (C=N–C) groups is 1. The molecule has 1 N–H and O–H groups in total. The molecule has 4 nitrogen and oxygen atoms in total. The van der Waals surface area contributed by atoms with Crippen molar-refractivity contribution in [2.75, 3.05) is 12.3 Å². The maximum atomic E-state index is 12.1. The van der Waals surface area contributed by atoms with Crippen molar-refractivity contribution < 1.29 is 4.79 Å². The lowest BCUT2D eigenvalue weighted by molar-refractivity contribution is 0.0981. The Morgan fingerprint density at radius 1 is 1.50 bits per heavy atom. The van der Waals surface area contributed by atoms with Crippen LogP contribution in [-0.2, 0) is 6.42 Å². The van der Waals surface area contributed by atoms with Crippen molar-refractivity contribution in [2.45, 2.75) is 33.1 Å². The maximum Gasteiger partial charge on any atom is 0.269 e. The second-order valence-corrected chi connectivity index (χ2v) is 6.28. The van der Waals surface area contributed by atoms with Gasteiger partial charge < -0.3 is 5.32 Å². The first-order valence-corrected chi connectivity index (χ1v) is 7.95. The number of nitrogens with zero attached hydrogens (tertiary/aromatic N) is 2. The number of rotatable bonds is 4. The molecule has 6 heteroatoms. The van der Waals surface area contributed by atoms with E-state index >= 15 is 0 Å². The molecule has 0 atom stereocenters. The van der Waals surface area contributed by atoms with Crippen LogP contribution in [0.3, 0.4) is 0 Å². The molecular formula is C12H17N3OS2. The fraction of sp³-hybridized carbons (Fsp3) is 0.583. The summed E-state index contributed by atoms with van der Waals surface area (Å²) in [6.07, 6.45) is 3.23. The van der Waals surface area contributed by atoms with Crippen molar-refractivity contribution in [1.82, 2.24) is 10.3 Å². The third-order valence-corrected chi connectivity index (χ3v) is 4.70. The Bertz CT molecular complexity index is 468. The molecule has 1 aliphatic heterocycles. The van der Waals surface area contributed by atoms with Crippen LogP contribution in [0.1, 0.15) is 40.1 Å². The number of unbranched alkanes of at least 4 members (excludes halogenated alkanes) is 1. The number of hydrogen-bond acceptors (Lipinski definition) is 5. The summed E-state index contributed by atoms with van der Waals surface area (Å²) in [6.45, 7) is 4.84. The summed E-state index contributed by atoms with van der Waals surface area (Å²) in [5.74, 6) is 0.889. The lowest BCUT2D eigenvalue weighted by Crippen LogP contribution is -2.27. The van der Waals surface area contributed by atoms with Gasteiger partial charge in [0.05, 0.1) is 17.2 Å². The summed E-state index contributed by atoms with van der Waals surface area (Å²) in [5, 5.41) is 4.64. The van der Waals surface area contributed by atoms with Crippen molar-refractivity contribution in [3.8, 4) is 0 Å². The molecule has 0 aliphatic carbocycles. The summed E-state index contributed by atoms with van der Waals surface area (Å²) in [7, 11) is 0. The van der Waals surface area contributed by atoms with Gasteiger partial charge in [-0.2, -0.15) is 0 Å². The third kappa shape index (κ3) is 3.32. The summed E-state index contributed by atoms with van der Waals surface area (Å²) >= 11 is 3.10. The number of carbonyl (C=O) groups excluding carboxylic acids is 1. The highest BCUT2D eigenvalue weighted by atomic mass is 32.2. The van der Waals surface area contributed by atoms with Crippen molar-refractivity contribution in [3.63, 3.8) is 0 Å². The van der Waals surface area contributed by atoms with Gasteiger partial charge in [-0.25, -0.2) is 4.98 Å². The Morgan fingerprint density at radius 2 is 2.33 bits per heavy atom. The van der Waals surface area contributed by atoms with Crippen molar-refractivity contribution in [3.05, 3.63) is 15.6 Å². The average molecular weight is 283 g/mol. The molecule has 0 bridgehead atoms. The van der Waals surface area contributed by atoms with Crippen LogP contribution in [0.5, 0.6) is 0 Å². The number of aromatic nitrogens is 1. The van der Waals surface area contributed by atoms with Crippen LogP contribution in [0, 0.1) is 6.92 Å². The Kier molecular flexibility index (Phi) is 4.77. The molecule has 0 radical (unpaired) electrons. The van der Waals surface area contributed by atoms with Gasteiger partial charge in [-0.05, 0) is 19.8 Å². The predicted molar refractivity (Wildman–Crippen MR) is 77.7 cm³/mol. The zero-order valence-electron chi connectivity index (χ0n) is 10.7. The van der Waals surface area contributed by atoms with Gasteiger partial charge in [-0.1, -0.05) is 25.1 Å². The van der Waals surface area contributed by atoms with Crippen molar-refractivity contribution in [1.29, 1.82) is 0 Å². The largest absolute Gasteiger partial charge is 0.301 e. The molecule has 0 unspecified atom stereocenters. The smallest absolute Gasteiger partial charge is 0.269 e. The number of carbonyl (C=O) groups is 1. The molecule has 1 aliphatic rings. The minimum atomic E-state index is -0.0686. The predicted octanol–water partition coefficient (Wildman–Crippen LogP) is 2.63. The fourth-order valence-electron chi connectivity index (χ4n) is 1.66. The normalized spacial score (nSPS) is 14.7. The second-order valence-electron chi connectivity index (χ2n) is 4.12. The molecule has 0 fully saturated rings. The van der Waals surface area contributed by atoms with E-state index in [1.807, 2.05) is 6.92 Å². The minimum Gasteiger partial charge on any atom is -0.301 e. The number of hydrogen-bond donors (Lipinski definition) is 1. The quantitative estimate of drug-likeness (QED) is 0.924. The average Bonchev–Trinajstić information content (AvgIpc) is 2.96. The van der Waals surface area contributed by atoms with Crippen LogP contribution in [0.25, 0.3) is 0 Å². The third-order valence-electron chi connectivity index (χ3n) is 2.60. The molecule has 18 heavy (non-hydrogen) atoms. The highest BCUT2D eigenvalue weighted by molar-refractivity contribution is 8.14. The number of aryl methyl sites for hydroxylation is 2. The summed E-state index contributed by atoms with van der Waals surface area (Å²) in [6, 6.07) is 0. The van der Waals surface area contributed by atoms with Gasteiger partial charge in [0.1, 0.15) is 4.88 Å². The van der Waals surface area contributed by atoms with E-state index in [9.17, 15) is 4.79 Å². The molecule has 2 heterocycles. The molecule has 1 aromatic heterocycles. The van der Waals surface area contributed by atoms with Crippen molar-refractivity contribution in [2.24, 2.45) is 4.99 Å². The molecule has 1 aromatic rings. The highest BCUT2D eigenvalue weighted by Crippen LogP contribution is 2.20. The summed E-state index contributed by atoms with van der Waals surface area (Å²) < 4.78 is 0. The van der Waals surface area contributed by atoms with Gasteiger partial charge >= 0.3 is 0 Å². The minimum absolute atomic E-state index is 0.0686. The maximum absolute atomic E-state index is 12.1. The van der Waals surface area contributed by atoms with Crippen LogP contribution in [0.4, 0.5) is 0 Å². The van der Waals surface area contributed by atoms with Crippen LogP contribution >= 0.6 is 23.1 Å². The Labute approximate surface area is 115 Å². The lowest BCUT2D eigenvalue weighted by Gasteiger charge is -2.01. The fourth-order valence-corrected chi connectivity index (χ4v) is 3.39. The molecule has 0 saturated carbocycles. The van der Waals surface area contributed by atoms with Crippen molar-refractivity contribution >= 4 is 34.2 Å². The first-order chi connectivity index (χ1) is 8.70. The van der Waals surface area contributed by atoms with E-state index in [0.29, 0.717) is 0 Å². The van der Waals surface area contributed by atoms with Gasteiger partial charge in [0.15, 0.2) is 5.17 Å². The van der Waals surface area contributed by atoms with E-state index in [0.717, 1.165) is 52.3 Å². The number of nitrogens with one attached hydrogen (secondary N) is 1. The van der Waals surface area contributed by atoms with Gasteiger partial charge in [0.25, 0.3) is 5.91 Å². The second kappa shape index (κ2) is 6.33. The molecule has 0 spiro atoms. The molecular weight excluding hydrogens is 266 g/mol. The van der Waals surface area contributed by atoms with E-state index in [1.165, 1.54) is 11.3 Å². The van der Waals surface area contributed by atoms with Gasteiger partial charge in [-0.3, -0.25) is 9.79 Å². The number of amidine groups is 1. The monoisotopic (exact) mass is 283 g/mol. The van der Waals surface area contributed by atoms with Crippen LogP contribution in [0.15, 0.2) is 4.99 Å². The zero-order chi connectivity index (χ0) is 13.0. The van der Waals surface area contributed by atoms with Crippen LogP contribution in [-0.4, -0.2) is 28.4 Å². The standard InChI is InChI=1S/C12H17N3OS2/c1-3-4-5-9-14-8(2)10(18-9)11(16)15-12-13-6-7-17-12/h3-7H2,1-2H3,(H,13,15,16). The molecule has 0 saturated heterocycles. The number of thioether (sulfide) groups is 1. The number of thiazole rings is 1. The van der Waals surface area contributed by atoms with Crippen LogP contribution in [0.2, 0.25) is 0 Å². The number of amides is 1.